The van der Waals surface area contributed by atoms with Crippen LogP contribution < -0.4 is 38.5 Å². The van der Waals surface area contributed by atoms with Gasteiger partial charge >= 0.3 is 11.9 Å². The van der Waals surface area contributed by atoms with Crippen LogP contribution in [-0.4, -0.2) is 94.7 Å². The number of aliphatic carboxylic acids is 2. The summed E-state index contributed by atoms with van der Waals surface area (Å²) in [6, 6.07) is 1.55. The number of hydrogen-bond acceptors (Lipinski definition) is 10. The predicted molar refractivity (Wildman–Crippen MR) is 159 cm³/mol. The van der Waals surface area contributed by atoms with E-state index in [0.717, 1.165) is 0 Å². The van der Waals surface area contributed by atoms with E-state index in [1.807, 2.05) is 0 Å². The van der Waals surface area contributed by atoms with Crippen LogP contribution in [0.15, 0.2) is 24.3 Å². The lowest BCUT2D eigenvalue weighted by molar-refractivity contribution is -0.143. The zero-order valence-corrected chi connectivity index (χ0v) is 24.6. The zero-order valence-electron chi connectivity index (χ0n) is 24.6. The first-order valence-corrected chi connectivity index (χ1v) is 14.4. The van der Waals surface area contributed by atoms with Gasteiger partial charge in [-0.1, -0.05) is 12.1 Å². The van der Waals surface area contributed by atoms with Crippen molar-refractivity contribution in [2.45, 2.75) is 82.0 Å². The lowest BCUT2D eigenvalue weighted by Gasteiger charge is -2.24. The molecule has 0 radical (unpaired) electrons. The Bertz CT molecular complexity index is 1100. The number of nitrogens with one attached hydrogen (secondary N) is 4. The van der Waals surface area contributed by atoms with Crippen LogP contribution in [0.1, 0.15) is 56.9 Å². The Morgan fingerprint density at radius 1 is 0.705 bits per heavy atom. The molecule has 0 aromatic heterocycles. The molecule has 1 rings (SSSR count). The van der Waals surface area contributed by atoms with Gasteiger partial charge in [-0.3, -0.25) is 24.0 Å². The summed E-state index contributed by atoms with van der Waals surface area (Å²) in [5, 5.41) is 37.2. The van der Waals surface area contributed by atoms with Crippen LogP contribution in [0.2, 0.25) is 0 Å². The number of nitrogens with two attached hydrogens (primary N) is 3. The number of carbonyl (C=O) groups is 6. The molecule has 0 aliphatic heterocycles. The molecule has 4 amide bonds. The minimum absolute atomic E-state index is 0.0642. The number of benzene rings is 1. The minimum atomic E-state index is -1.46. The van der Waals surface area contributed by atoms with Crippen molar-refractivity contribution in [2.75, 3.05) is 19.6 Å². The Labute approximate surface area is 255 Å². The number of rotatable bonds is 22. The van der Waals surface area contributed by atoms with Crippen molar-refractivity contribution >= 4 is 35.6 Å². The Morgan fingerprint density at radius 2 is 1.25 bits per heavy atom. The van der Waals surface area contributed by atoms with Gasteiger partial charge in [-0.15, -0.1) is 0 Å². The fourth-order valence-corrected chi connectivity index (χ4v) is 4.11. The van der Waals surface area contributed by atoms with Gasteiger partial charge in [0.2, 0.25) is 23.6 Å². The third-order valence-electron chi connectivity index (χ3n) is 6.59. The summed E-state index contributed by atoms with van der Waals surface area (Å²) in [6.45, 7) is 0.0872. The number of hydrogen-bond donors (Lipinski definition) is 10. The first-order chi connectivity index (χ1) is 20.9. The maximum Gasteiger partial charge on any atom is 0.326 e. The second-order valence-corrected chi connectivity index (χ2v) is 10.3. The molecule has 0 aliphatic carbocycles. The van der Waals surface area contributed by atoms with Gasteiger partial charge in [-0.2, -0.15) is 0 Å². The normalized spacial score (nSPS) is 13.5. The van der Waals surface area contributed by atoms with E-state index < -0.39 is 72.7 Å². The second kappa shape index (κ2) is 20.6. The molecule has 16 heteroatoms. The molecule has 0 saturated heterocycles. The number of phenolic OH excluding ortho intramolecular Hbond substituents is 1. The standard InChI is InChI=1S/C28H45N7O9/c29-13-3-1-5-20(26(41)32-16-23(37)33-22(28(43)44)11-12-24(38)39)35-27(42)21(6-2-4-14-30)34-25(40)19(31)15-17-7-9-18(36)10-8-17/h7-10,19-22,36H,1-6,11-16,29-31H2,(H,32,41)(H,33,37)(H,34,40)(H,35,42)(H,38,39)(H,43,44)/t19-,20-,21-,22-/m0/s1. The van der Waals surface area contributed by atoms with Gasteiger partial charge in [-0.05, 0) is 82.2 Å². The summed E-state index contributed by atoms with van der Waals surface area (Å²) in [7, 11) is 0. The van der Waals surface area contributed by atoms with Crippen LogP contribution in [0.3, 0.4) is 0 Å². The van der Waals surface area contributed by atoms with Gasteiger partial charge in [0.05, 0.1) is 12.6 Å². The third kappa shape index (κ3) is 15.3. The first-order valence-electron chi connectivity index (χ1n) is 14.4. The van der Waals surface area contributed by atoms with Crippen molar-refractivity contribution in [3.63, 3.8) is 0 Å². The van der Waals surface area contributed by atoms with Gasteiger partial charge in [0.25, 0.3) is 0 Å². The Morgan fingerprint density at radius 3 is 1.77 bits per heavy atom. The van der Waals surface area contributed by atoms with E-state index >= 15 is 0 Å². The predicted octanol–water partition coefficient (Wildman–Crippen LogP) is -1.96. The number of carboxylic acid groups (broad SMARTS) is 2. The smallest absolute Gasteiger partial charge is 0.326 e. The molecule has 0 bridgehead atoms. The van der Waals surface area contributed by atoms with Crippen molar-refractivity contribution in [3.05, 3.63) is 29.8 Å². The van der Waals surface area contributed by atoms with Gasteiger partial charge in [-0.25, -0.2) is 4.79 Å². The number of carbonyl (C=O) groups excluding carboxylic acids is 4. The fourth-order valence-electron chi connectivity index (χ4n) is 4.11. The number of aromatic hydroxyl groups is 1. The maximum atomic E-state index is 13.3. The van der Waals surface area contributed by atoms with Crippen molar-refractivity contribution in [2.24, 2.45) is 17.2 Å². The molecule has 4 atom stereocenters. The summed E-state index contributed by atoms with van der Waals surface area (Å²) < 4.78 is 0. The molecular formula is C28H45N7O9. The molecule has 0 aliphatic rings. The highest BCUT2D eigenvalue weighted by atomic mass is 16.4. The Kier molecular flexibility index (Phi) is 17.7. The average Bonchev–Trinajstić information content (AvgIpc) is 2.97. The van der Waals surface area contributed by atoms with Crippen LogP contribution in [0.25, 0.3) is 0 Å². The summed E-state index contributed by atoms with van der Waals surface area (Å²) in [5.41, 5.74) is 17.9. The van der Waals surface area contributed by atoms with Gasteiger partial charge in [0, 0.05) is 6.42 Å². The lowest BCUT2D eigenvalue weighted by atomic mass is 10.0. The molecule has 0 heterocycles. The molecule has 246 valence electrons. The summed E-state index contributed by atoms with van der Waals surface area (Å²) in [4.78, 5) is 73.5. The number of phenols is 1. The molecule has 0 unspecified atom stereocenters. The lowest BCUT2D eigenvalue weighted by Crippen LogP contribution is -2.56. The van der Waals surface area contributed by atoms with Crippen molar-refractivity contribution in [1.29, 1.82) is 0 Å². The maximum absolute atomic E-state index is 13.3. The zero-order chi connectivity index (χ0) is 33.1. The third-order valence-corrected chi connectivity index (χ3v) is 6.59. The molecule has 44 heavy (non-hydrogen) atoms. The second-order valence-electron chi connectivity index (χ2n) is 10.3. The SMILES string of the molecule is NCCCC[C@H](NC(=O)[C@H](CCCCN)NC(=O)[C@@H](N)Cc1ccc(O)cc1)C(=O)NCC(=O)N[C@@H](CCC(=O)O)C(=O)O. The van der Waals surface area contributed by atoms with Gasteiger partial charge in [0.1, 0.15) is 23.9 Å². The van der Waals surface area contributed by atoms with E-state index in [1.165, 1.54) is 12.1 Å². The van der Waals surface area contributed by atoms with E-state index in [1.54, 1.807) is 12.1 Å². The van der Waals surface area contributed by atoms with Crippen molar-refractivity contribution in [1.82, 2.24) is 21.3 Å². The van der Waals surface area contributed by atoms with Crippen molar-refractivity contribution < 1.29 is 44.1 Å². The minimum Gasteiger partial charge on any atom is -0.508 e. The average molecular weight is 624 g/mol. The van der Waals surface area contributed by atoms with E-state index in [9.17, 15) is 39.0 Å². The Balaban J connectivity index is 2.90. The summed E-state index contributed by atoms with van der Waals surface area (Å²) >= 11 is 0. The van der Waals surface area contributed by atoms with E-state index in [4.69, 9.17) is 22.3 Å². The number of carboxylic acids is 2. The van der Waals surface area contributed by atoms with Gasteiger partial charge in [0.15, 0.2) is 0 Å². The molecule has 16 nitrogen and oxygen atoms in total. The molecule has 13 N–H and O–H groups in total. The van der Waals surface area contributed by atoms with Crippen LogP contribution in [-0.2, 0) is 35.2 Å². The molecule has 1 aromatic carbocycles. The summed E-state index contributed by atoms with van der Waals surface area (Å²) in [5.74, 6) is -5.42. The highest BCUT2D eigenvalue weighted by Crippen LogP contribution is 2.11. The van der Waals surface area contributed by atoms with Crippen LogP contribution >= 0.6 is 0 Å². The molecule has 0 saturated carbocycles. The van der Waals surface area contributed by atoms with E-state index in [0.29, 0.717) is 44.3 Å². The van der Waals surface area contributed by atoms with Crippen molar-refractivity contribution in [3.8, 4) is 5.75 Å². The quantitative estimate of drug-likeness (QED) is 0.0630. The van der Waals surface area contributed by atoms with E-state index in [-0.39, 0.29) is 31.4 Å². The molecule has 0 fully saturated rings. The highest BCUT2D eigenvalue weighted by Gasteiger charge is 2.28. The van der Waals surface area contributed by atoms with Crippen LogP contribution in [0.5, 0.6) is 5.75 Å². The topological polar surface area (TPSA) is 289 Å². The largest absolute Gasteiger partial charge is 0.508 e. The monoisotopic (exact) mass is 623 g/mol. The molecule has 1 aromatic rings. The van der Waals surface area contributed by atoms with Gasteiger partial charge < -0.3 is 53.8 Å². The molecular weight excluding hydrogens is 578 g/mol. The summed E-state index contributed by atoms with van der Waals surface area (Å²) in [6.07, 6.45) is 1.78. The highest BCUT2D eigenvalue weighted by molar-refractivity contribution is 5.94. The molecule has 0 spiro atoms. The Hall–Kier alpha value is -4.28. The fraction of sp³-hybridized carbons (Fsp3) is 0.571. The number of unbranched alkanes of at least 4 members (excludes halogenated alkanes) is 2. The number of amides is 4. The van der Waals surface area contributed by atoms with Crippen LogP contribution in [0, 0.1) is 0 Å². The van der Waals surface area contributed by atoms with E-state index in [2.05, 4.69) is 21.3 Å². The van der Waals surface area contributed by atoms with Crippen LogP contribution in [0.4, 0.5) is 0 Å². The first kappa shape index (κ1) is 37.7.